The fraction of sp³-hybridized carbons (Fsp3) is 0.192. The number of hydrogen-bond acceptors (Lipinski definition) is 4. The maximum atomic E-state index is 15.0. The predicted octanol–water partition coefficient (Wildman–Crippen LogP) is 5.16. The zero-order valence-electron chi connectivity index (χ0n) is 18.2. The Morgan fingerprint density at radius 3 is 2.67 bits per heavy atom. The summed E-state index contributed by atoms with van der Waals surface area (Å²) in [6, 6.07) is 18.3. The number of amides is 1. The van der Waals surface area contributed by atoms with Gasteiger partial charge in [-0.15, -0.1) is 0 Å². The number of benzene rings is 2. The van der Waals surface area contributed by atoms with Crippen LogP contribution in [0.25, 0.3) is 11.1 Å². The van der Waals surface area contributed by atoms with Crippen LogP contribution in [0, 0.1) is 5.82 Å². The number of ether oxygens (including phenoxy) is 1. The maximum absolute atomic E-state index is 15.0. The van der Waals surface area contributed by atoms with Gasteiger partial charge in [0.25, 0.3) is 0 Å². The van der Waals surface area contributed by atoms with Crippen molar-refractivity contribution in [2.75, 3.05) is 5.32 Å². The van der Waals surface area contributed by atoms with E-state index in [-0.39, 0.29) is 24.2 Å². The van der Waals surface area contributed by atoms with Crippen molar-refractivity contribution >= 4 is 11.7 Å². The van der Waals surface area contributed by atoms with Gasteiger partial charge in [0.1, 0.15) is 24.0 Å². The molecule has 1 aliphatic rings. The molecular weight excluding hydrogens is 419 g/mol. The number of carbonyl (C=O) groups is 1. The first-order chi connectivity index (χ1) is 16.1. The first kappa shape index (κ1) is 20.9. The SMILES string of the molecule is CC(c1ccc(-c2ccccc2)c(F)c1)c1nn2c(c1COc1ccncc1)NC(=O)CC2. The smallest absolute Gasteiger partial charge is 0.227 e. The Labute approximate surface area is 191 Å². The molecule has 0 fully saturated rings. The van der Waals surface area contributed by atoms with Crippen LogP contribution in [0.3, 0.4) is 0 Å². The number of anilines is 1. The molecule has 1 unspecified atom stereocenters. The molecule has 0 saturated heterocycles. The molecule has 0 spiro atoms. The second-order valence-corrected chi connectivity index (χ2v) is 8.03. The lowest BCUT2D eigenvalue weighted by atomic mass is 9.93. The van der Waals surface area contributed by atoms with E-state index in [2.05, 4.69) is 10.3 Å². The summed E-state index contributed by atoms with van der Waals surface area (Å²) < 4.78 is 22.8. The molecule has 2 aromatic carbocycles. The highest BCUT2D eigenvalue weighted by Gasteiger charge is 2.27. The van der Waals surface area contributed by atoms with Crippen LogP contribution >= 0.6 is 0 Å². The summed E-state index contributed by atoms with van der Waals surface area (Å²) in [5.74, 6) is 0.783. The van der Waals surface area contributed by atoms with Crippen molar-refractivity contribution in [2.24, 2.45) is 0 Å². The molecule has 0 radical (unpaired) electrons. The maximum Gasteiger partial charge on any atom is 0.227 e. The Bertz CT molecular complexity index is 1290. The third-order valence-electron chi connectivity index (χ3n) is 5.91. The minimum absolute atomic E-state index is 0.0509. The average molecular weight is 442 g/mol. The van der Waals surface area contributed by atoms with E-state index in [0.29, 0.717) is 30.1 Å². The van der Waals surface area contributed by atoms with Crippen molar-refractivity contribution in [2.45, 2.75) is 32.4 Å². The molecule has 2 aromatic heterocycles. The monoisotopic (exact) mass is 442 g/mol. The summed E-state index contributed by atoms with van der Waals surface area (Å²) in [4.78, 5) is 16.1. The quantitative estimate of drug-likeness (QED) is 0.448. The number of carbonyl (C=O) groups excluding carboxylic acids is 1. The van der Waals surface area contributed by atoms with E-state index in [9.17, 15) is 4.79 Å². The second kappa shape index (κ2) is 8.86. The number of nitrogens with one attached hydrogen (secondary N) is 1. The number of nitrogens with zero attached hydrogens (tertiary/aromatic N) is 3. The molecule has 1 atom stereocenters. The topological polar surface area (TPSA) is 69.0 Å². The van der Waals surface area contributed by atoms with E-state index < -0.39 is 0 Å². The zero-order valence-corrected chi connectivity index (χ0v) is 18.2. The number of aromatic nitrogens is 3. The van der Waals surface area contributed by atoms with E-state index in [1.54, 1.807) is 41.3 Å². The van der Waals surface area contributed by atoms with Gasteiger partial charge in [0, 0.05) is 30.3 Å². The molecule has 1 aliphatic heterocycles. The molecule has 0 bridgehead atoms. The first-order valence-electron chi connectivity index (χ1n) is 10.9. The van der Waals surface area contributed by atoms with Gasteiger partial charge in [-0.05, 0) is 29.3 Å². The Morgan fingerprint density at radius 2 is 1.91 bits per heavy atom. The summed E-state index contributed by atoms with van der Waals surface area (Å²) in [6.45, 7) is 2.71. The summed E-state index contributed by atoms with van der Waals surface area (Å²) in [7, 11) is 0. The number of hydrogen-bond donors (Lipinski definition) is 1. The van der Waals surface area contributed by atoms with Gasteiger partial charge in [-0.1, -0.05) is 49.4 Å². The summed E-state index contributed by atoms with van der Waals surface area (Å²) in [6.07, 6.45) is 3.68. The molecular formula is C26H23FN4O2. The molecule has 5 rings (SSSR count). The van der Waals surface area contributed by atoms with Gasteiger partial charge in [-0.3, -0.25) is 9.78 Å². The fourth-order valence-electron chi connectivity index (χ4n) is 4.11. The van der Waals surface area contributed by atoms with E-state index in [4.69, 9.17) is 9.84 Å². The van der Waals surface area contributed by atoms with Crippen molar-refractivity contribution in [1.82, 2.24) is 14.8 Å². The van der Waals surface area contributed by atoms with Crippen molar-refractivity contribution in [1.29, 1.82) is 0 Å². The van der Waals surface area contributed by atoms with Gasteiger partial charge < -0.3 is 10.1 Å². The second-order valence-electron chi connectivity index (χ2n) is 8.03. The highest BCUT2D eigenvalue weighted by atomic mass is 19.1. The standard InChI is InChI=1S/C26H23FN4O2/c1-17(19-7-8-21(23(27)15-19)18-5-3-2-4-6-18)25-22(16-33-20-9-12-28-13-10-20)26-29-24(32)11-14-31(26)30-25/h2-10,12-13,15,17H,11,14,16H2,1H3,(H,29,32). The van der Waals surface area contributed by atoms with Crippen LogP contribution in [0.1, 0.15) is 36.1 Å². The van der Waals surface area contributed by atoms with Crippen molar-refractivity contribution < 1.29 is 13.9 Å². The van der Waals surface area contributed by atoms with E-state index in [0.717, 1.165) is 22.4 Å². The largest absolute Gasteiger partial charge is 0.489 e. The van der Waals surface area contributed by atoms with Crippen LogP contribution in [-0.4, -0.2) is 20.7 Å². The molecule has 6 nitrogen and oxygen atoms in total. The number of halogens is 1. The van der Waals surface area contributed by atoms with Gasteiger partial charge in [0.15, 0.2) is 0 Å². The van der Waals surface area contributed by atoms with Crippen LogP contribution in [0.2, 0.25) is 0 Å². The van der Waals surface area contributed by atoms with Gasteiger partial charge in [0.2, 0.25) is 5.91 Å². The lowest BCUT2D eigenvalue weighted by molar-refractivity contribution is -0.116. The van der Waals surface area contributed by atoms with Crippen LogP contribution in [-0.2, 0) is 17.9 Å². The van der Waals surface area contributed by atoms with Crippen LogP contribution in [0.5, 0.6) is 5.75 Å². The van der Waals surface area contributed by atoms with Crippen molar-refractivity contribution in [3.05, 3.63) is 95.7 Å². The first-order valence-corrected chi connectivity index (χ1v) is 10.9. The predicted molar refractivity (Wildman–Crippen MR) is 123 cm³/mol. The van der Waals surface area contributed by atoms with Crippen molar-refractivity contribution in [3.8, 4) is 16.9 Å². The Morgan fingerprint density at radius 1 is 1.12 bits per heavy atom. The molecule has 33 heavy (non-hydrogen) atoms. The number of pyridine rings is 1. The van der Waals surface area contributed by atoms with Crippen LogP contribution in [0.15, 0.2) is 73.1 Å². The summed E-state index contributed by atoms with van der Waals surface area (Å²) in [5, 5.41) is 7.70. The average Bonchev–Trinajstić information content (AvgIpc) is 3.21. The normalized spacial score (nSPS) is 13.8. The Balaban J connectivity index is 1.49. The van der Waals surface area contributed by atoms with Gasteiger partial charge >= 0.3 is 0 Å². The lowest BCUT2D eigenvalue weighted by Gasteiger charge is -2.16. The molecule has 7 heteroatoms. The van der Waals surface area contributed by atoms with E-state index >= 15 is 4.39 Å². The lowest BCUT2D eigenvalue weighted by Crippen LogP contribution is -2.24. The van der Waals surface area contributed by atoms with Gasteiger partial charge in [-0.25, -0.2) is 9.07 Å². The number of fused-ring (bicyclic) bond motifs is 1. The minimum Gasteiger partial charge on any atom is -0.489 e. The third kappa shape index (κ3) is 4.22. The molecule has 1 amide bonds. The molecule has 0 saturated carbocycles. The van der Waals surface area contributed by atoms with Crippen LogP contribution in [0.4, 0.5) is 10.2 Å². The summed E-state index contributed by atoms with van der Waals surface area (Å²) in [5.41, 5.74) is 3.75. The van der Waals surface area contributed by atoms with Gasteiger partial charge in [-0.2, -0.15) is 5.10 Å². The molecule has 0 aliphatic carbocycles. The molecule has 1 N–H and O–H groups in total. The number of aryl methyl sites for hydroxylation is 1. The van der Waals surface area contributed by atoms with E-state index in [1.165, 1.54) is 0 Å². The van der Waals surface area contributed by atoms with E-state index in [1.807, 2.05) is 43.3 Å². The number of rotatable bonds is 6. The summed E-state index contributed by atoms with van der Waals surface area (Å²) >= 11 is 0. The Hall–Kier alpha value is -4.00. The zero-order chi connectivity index (χ0) is 22.8. The minimum atomic E-state index is -0.280. The third-order valence-corrected chi connectivity index (χ3v) is 5.91. The highest BCUT2D eigenvalue weighted by Crippen LogP contribution is 2.34. The molecule has 4 aromatic rings. The highest BCUT2D eigenvalue weighted by molar-refractivity contribution is 5.92. The van der Waals surface area contributed by atoms with Crippen molar-refractivity contribution in [3.63, 3.8) is 0 Å². The Kier molecular flexibility index (Phi) is 5.60. The van der Waals surface area contributed by atoms with Crippen LogP contribution < -0.4 is 10.1 Å². The molecule has 3 heterocycles. The van der Waals surface area contributed by atoms with Gasteiger partial charge in [0.05, 0.1) is 17.8 Å². The fourth-order valence-corrected chi connectivity index (χ4v) is 4.11. The molecule has 166 valence electrons.